The molecule has 0 saturated carbocycles. The number of halogens is 1. The Kier molecular flexibility index (Phi) is 6.67. The van der Waals surface area contributed by atoms with Gasteiger partial charge in [0.1, 0.15) is 42.7 Å². The van der Waals surface area contributed by atoms with E-state index in [2.05, 4.69) is 4.74 Å². The van der Waals surface area contributed by atoms with Crippen molar-refractivity contribution in [2.75, 3.05) is 20.3 Å². The fourth-order valence-corrected chi connectivity index (χ4v) is 2.84. The van der Waals surface area contributed by atoms with E-state index >= 15 is 0 Å². The molecule has 25 heavy (non-hydrogen) atoms. The van der Waals surface area contributed by atoms with Gasteiger partial charge in [-0.05, 0) is 0 Å². The first-order valence-corrected chi connectivity index (χ1v) is 7.54. The Morgan fingerprint density at radius 1 is 0.960 bits per heavy atom. The molecule has 10 atom stereocenters. The predicted molar refractivity (Wildman–Crippen MR) is 73.5 cm³/mol. The Labute approximate surface area is 141 Å². The van der Waals surface area contributed by atoms with E-state index < -0.39 is 74.4 Å². The van der Waals surface area contributed by atoms with Crippen LogP contribution in [0.5, 0.6) is 0 Å². The minimum Gasteiger partial charge on any atom is -0.394 e. The third-order valence-corrected chi connectivity index (χ3v) is 4.28. The van der Waals surface area contributed by atoms with Crippen LogP contribution in [0.2, 0.25) is 0 Å². The van der Waals surface area contributed by atoms with Gasteiger partial charge in [-0.2, -0.15) is 4.39 Å². The van der Waals surface area contributed by atoms with E-state index in [4.69, 9.17) is 14.2 Å². The van der Waals surface area contributed by atoms with Crippen LogP contribution in [0.15, 0.2) is 0 Å². The van der Waals surface area contributed by atoms with Crippen molar-refractivity contribution in [3.8, 4) is 0 Å². The van der Waals surface area contributed by atoms with Gasteiger partial charge in [-0.3, -0.25) is 0 Å². The molecule has 0 radical (unpaired) electrons. The fourth-order valence-electron chi connectivity index (χ4n) is 2.84. The molecule has 2 aliphatic heterocycles. The van der Waals surface area contributed by atoms with Gasteiger partial charge in [-0.1, -0.05) is 0 Å². The van der Waals surface area contributed by atoms with Crippen LogP contribution in [-0.2, 0) is 18.9 Å². The lowest BCUT2D eigenvalue weighted by Crippen LogP contribution is -2.67. The maximum atomic E-state index is 13.7. The molecular weight excluding hydrogens is 351 g/mol. The second-order valence-electron chi connectivity index (χ2n) is 5.89. The molecule has 0 aromatic rings. The van der Waals surface area contributed by atoms with Gasteiger partial charge in [0, 0.05) is 7.11 Å². The Morgan fingerprint density at radius 3 is 2.08 bits per heavy atom. The summed E-state index contributed by atoms with van der Waals surface area (Å²) >= 11 is 0. The van der Waals surface area contributed by atoms with Crippen molar-refractivity contribution in [2.45, 2.75) is 61.2 Å². The molecule has 0 amide bonds. The van der Waals surface area contributed by atoms with Gasteiger partial charge in [0.15, 0.2) is 12.4 Å². The van der Waals surface area contributed by atoms with Gasteiger partial charge < -0.3 is 54.7 Å². The molecule has 2 rings (SSSR count). The molecular formula is C13H23FO11. The number of hydrogen-bond acceptors (Lipinski definition) is 11. The van der Waals surface area contributed by atoms with E-state index in [-0.39, 0.29) is 0 Å². The van der Waals surface area contributed by atoms with Crippen LogP contribution in [0, 0.1) is 0 Å². The van der Waals surface area contributed by atoms with Crippen molar-refractivity contribution in [1.29, 1.82) is 0 Å². The van der Waals surface area contributed by atoms with Gasteiger partial charge in [-0.15, -0.1) is 0 Å². The summed E-state index contributed by atoms with van der Waals surface area (Å²) < 4.78 is 33.8. The Bertz CT molecular complexity index is 436. The number of hydrogen-bond donors (Lipinski definition) is 7. The lowest BCUT2D eigenvalue weighted by atomic mass is 9.96. The van der Waals surface area contributed by atoms with Crippen LogP contribution in [-0.4, -0.2) is 117 Å². The third-order valence-electron chi connectivity index (χ3n) is 4.28. The average Bonchev–Trinajstić information content (AvgIpc) is 2.58. The summed E-state index contributed by atoms with van der Waals surface area (Å²) in [6, 6.07) is -3.61. The normalized spacial score (nSPS) is 51.5. The molecule has 0 unspecified atom stereocenters. The van der Waals surface area contributed by atoms with Crippen molar-refractivity contribution >= 4 is 0 Å². The van der Waals surface area contributed by atoms with Gasteiger partial charge in [0.2, 0.25) is 0 Å². The molecule has 11 nitrogen and oxygen atoms in total. The zero-order valence-corrected chi connectivity index (χ0v) is 13.3. The zero-order chi connectivity index (χ0) is 18.9. The Hall–Kier alpha value is -0.510. The highest BCUT2D eigenvalue weighted by molar-refractivity contribution is 4.95. The maximum absolute atomic E-state index is 13.7. The first-order valence-electron chi connectivity index (χ1n) is 7.54. The molecule has 0 spiro atoms. The van der Waals surface area contributed by atoms with E-state index in [0.717, 1.165) is 0 Å². The molecule has 12 heteroatoms. The molecule has 0 bridgehead atoms. The predicted octanol–water partition coefficient (Wildman–Crippen LogP) is -4.45. The van der Waals surface area contributed by atoms with E-state index in [9.17, 15) is 40.1 Å². The average molecular weight is 374 g/mol. The highest BCUT2D eigenvalue weighted by atomic mass is 19.2. The van der Waals surface area contributed by atoms with Crippen LogP contribution in [0.3, 0.4) is 0 Å². The lowest BCUT2D eigenvalue weighted by molar-refractivity contribution is -0.421. The van der Waals surface area contributed by atoms with Crippen LogP contribution >= 0.6 is 0 Å². The second-order valence-corrected chi connectivity index (χ2v) is 5.89. The number of aliphatic hydroxyl groups excluding tert-OH is 6. The summed E-state index contributed by atoms with van der Waals surface area (Å²) in [5.74, 6) is 0. The first kappa shape index (κ1) is 20.8. The summed E-state index contributed by atoms with van der Waals surface area (Å²) in [4.78, 5) is 0. The monoisotopic (exact) mass is 374 g/mol. The highest BCUT2D eigenvalue weighted by Gasteiger charge is 2.56. The summed E-state index contributed by atoms with van der Waals surface area (Å²) in [6.45, 7) is -1.56. The topological polar surface area (TPSA) is 179 Å². The van der Waals surface area contributed by atoms with Gasteiger partial charge in [-0.25, -0.2) is 0 Å². The molecule has 2 aliphatic rings. The molecule has 0 aliphatic carbocycles. The second kappa shape index (κ2) is 8.02. The Morgan fingerprint density at radius 2 is 1.56 bits per heavy atom. The smallest absolute Gasteiger partial charge is 0.347 e. The van der Waals surface area contributed by atoms with Gasteiger partial charge in [0.25, 0.3) is 0 Å². The van der Waals surface area contributed by atoms with Crippen molar-refractivity contribution in [2.24, 2.45) is 0 Å². The van der Waals surface area contributed by atoms with Crippen molar-refractivity contribution in [3.63, 3.8) is 0 Å². The maximum Gasteiger partial charge on any atom is 0.347 e. The number of ether oxygens (including phenoxy) is 4. The number of methoxy groups -OCH3 is 1. The van der Waals surface area contributed by atoms with E-state index in [1.807, 2.05) is 0 Å². The van der Waals surface area contributed by atoms with Crippen LogP contribution < -0.4 is 0 Å². The summed E-state index contributed by atoms with van der Waals surface area (Å²) in [7, 11) is 1.17. The van der Waals surface area contributed by atoms with Crippen LogP contribution in [0.25, 0.3) is 0 Å². The molecule has 0 aromatic carbocycles. The lowest BCUT2D eigenvalue weighted by Gasteiger charge is -2.46. The molecule has 7 N–H and O–H groups in total. The van der Waals surface area contributed by atoms with E-state index in [0.29, 0.717) is 0 Å². The van der Waals surface area contributed by atoms with Crippen LogP contribution in [0.1, 0.15) is 0 Å². The summed E-state index contributed by atoms with van der Waals surface area (Å²) in [6.07, 6.45) is -14.6. The SMILES string of the molecule is CO[C@H]1[C@H](O[C@H]2[C@H](O)[C@@H](O)[C@@](O)(F)O[C@@H]2CO)O[C@H](CO)[C@@H](O)[C@@H]1O. The number of alkyl halides is 1. The van der Waals surface area contributed by atoms with Crippen molar-refractivity contribution < 1.29 is 59.1 Å². The van der Waals surface area contributed by atoms with E-state index in [1.165, 1.54) is 7.11 Å². The van der Waals surface area contributed by atoms with E-state index in [1.54, 1.807) is 0 Å². The zero-order valence-electron chi connectivity index (χ0n) is 13.3. The third kappa shape index (κ3) is 3.94. The quantitative estimate of drug-likeness (QED) is 0.247. The van der Waals surface area contributed by atoms with Crippen molar-refractivity contribution in [1.82, 2.24) is 0 Å². The van der Waals surface area contributed by atoms with Gasteiger partial charge >= 0.3 is 6.04 Å². The molecule has 0 aromatic heterocycles. The molecule has 2 saturated heterocycles. The molecule has 148 valence electrons. The number of aliphatic hydroxyl groups is 7. The fraction of sp³-hybridized carbons (Fsp3) is 1.00. The largest absolute Gasteiger partial charge is 0.394 e. The minimum atomic E-state index is -3.61. The minimum absolute atomic E-state index is 0.672. The first-order chi connectivity index (χ1) is 11.7. The standard InChI is InChI=1S/C13H23FO11/c1-22-10-7(18)6(17)4(2-15)23-12(10)24-9-5(3-16)25-13(14,21)11(20)8(9)19/h4-12,15-21H,2-3H2,1H3/t4-,5-,6-,7+,8+,9-,10-,11-,12+,13+/m1/s1. The number of rotatable bonds is 5. The van der Waals surface area contributed by atoms with Crippen LogP contribution in [0.4, 0.5) is 4.39 Å². The van der Waals surface area contributed by atoms with Crippen molar-refractivity contribution in [3.05, 3.63) is 0 Å². The molecule has 2 heterocycles. The summed E-state index contributed by atoms with van der Waals surface area (Å²) in [5.41, 5.74) is 0. The van der Waals surface area contributed by atoms with Gasteiger partial charge in [0.05, 0.1) is 13.2 Å². The summed E-state index contributed by atoms with van der Waals surface area (Å²) in [5, 5.41) is 67.1. The Balaban J connectivity index is 2.19. The highest BCUT2D eigenvalue weighted by Crippen LogP contribution is 2.33. The molecule has 2 fully saturated rings.